The number of halogens is 5. The molecule has 39 heavy (non-hydrogen) atoms. The summed E-state index contributed by atoms with van der Waals surface area (Å²) in [5.41, 5.74) is -1.05. The Hall–Kier alpha value is -5.01. The van der Waals surface area contributed by atoms with Gasteiger partial charge >= 0.3 is 6.18 Å². The molecule has 0 atom stereocenters. The van der Waals surface area contributed by atoms with Crippen LogP contribution in [0, 0.1) is 11.6 Å². The predicted molar refractivity (Wildman–Crippen MR) is 134 cm³/mol. The number of aromatic nitrogens is 4. The minimum absolute atomic E-state index is 0.0186. The van der Waals surface area contributed by atoms with E-state index in [-0.39, 0.29) is 34.3 Å². The van der Waals surface area contributed by atoms with Crippen LogP contribution in [0.4, 0.5) is 50.8 Å². The molecule has 4 aromatic rings. The molecule has 14 heteroatoms. The number of rotatable bonds is 8. The third-order valence-corrected chi connectivity index (χ3v) is 5.29. The highest BCUT2D eigenvalue weighted by molar-refractivity contribution is 5.99. The highest BCUT2D eigenvalue weighted by Crippen LogP contribution is 2.42. The monoisotopic (exact) mass is 545 g/mol. The van der Waals surface area contributed by atoms with E-state index in [2.05, 4.69) is 37.6 Å². The summed E-state index contributed by atoms with van der Waals surface area (Å²) < 4.78 is 76.0. The van der Waals surface area contributed by atoms with Gasteiger partial charge in [0.25, 0.3) is 0 Å². The third-order valence-electron chi connectivity index (χ3n) is 5.29. The van der Waals surface area contributed by atoms with E-state index in [1.807, 2.05) is 0 Å². The van der Waals surface area contributed by atoms with Crippen molar-refractivity contribution in [3.05, 3.63) is 78.8 Å². The number of benzene rings is 2. The predicted octanol–water partition coefficient (Wildman–Crippen LogP) is 5.79. The standard InChI is InChI=1S/C25H20F5N7O2/c1-4-21(38)33-14-5-6-17(26)19(9-14)35-23-16(11-31-24(36-23)34-15-10-32-37(2)12-15)13-7-18(27)22(25(28,29)30)20(8-13)39-3/h4-12H,1H2,2-3H3,(H,33,38)(H2,31,34,35,36). The molecule has 0 aliphatic heterocycles. The van der Waals surface area contributed by atoms with Gasteiger partial charge in [0.15, 0.2) is 0 Å². The molecule has 0 saturated carbocycles. The van der Waals surface area contributed by atoms with Crippen molar-refractivity contribution in [3.63, 3.8) is 0 Å². The summed E-state index contributed by atoms with van der Waals surface area (Å²) in [5.74, 6) is -3.70. The van der Waals surface area contributed by atoms with Crippen LogP contribution in [-0.4, -0.2) is 32.8 Å². The van der Waals surface area contributed by atoms with E-state index in [0.717, 1.165) is 25.3 Å². The van der Waals surface area contributed by atoms with Crippen LogP contribution >= 0.6 is 0 Å². The summed E-state index contributed by atoms with van der Waals surface area (Å²) in [4.78, 5) is 20.2. The van der Waals surface area contributed by atoms with E-state index in [9.17, 15) is 26.7 Å². The molecule has 202 valence electrons. The Morgan fingerprint density at radius 1 is 1.08 bits per heavy atom. The molecule has 3 N–H and O–H groups in total. The van der Waals surface area contributed by atoms with Gasteiger partial charge in [0.1, 0.15) is 28.8 Å². The Kier molecular flexibility index (Phi) is 7.47. The van der Waals surface area contributed by atoms with E-state index in [0.29, 0.717) is 11.8 Å². The summed E-state index contributed by atoms with van der Waals surface area (Å²) in [5, 5.41) is 12.2. The van der Waals surface area contributed by atoms with Crippen LogP contribution in [0.5, 0.6) is 5.75 Å². The van der Waals surface area contributed by atoms with Crippen molar-refractivity contribution in [2.75, 3.05) is 23.1 Å². The number of ether oxygens (including phenoxy) is 1. The Bertz CT molecular complexity index is 1550. The Balaban J connectivity index is 1.83. The van der Waals surface area contributed by atoms with Gasteiger partial charge in [-0.05, 0) is 42.0 Å². The highest BCUT2D eigenvalue weighted by Gasteiger charge is 2.38. The van der Waals surface area contributed by atoms with Gasteiger partial charge in [-0.2, -0.15) is 23.3 Å². The number of nitrogens with one attached hydrogen (secondary N) is 3. The summed E-state index contributed by atoms with van der Waals surface area (Å²) in [6, 6.07) is 5.29. The average molecular weight is 545 g/mol. The molecule has 0 unspecified atom stereocenters. The molecule has 9 nitrogen and oxygen atoms in total. The molecule has 0 aliphatic rings. The first kappa shape index (κ1) is 27.0. The maximum Gasteiger partial charge on any atom is 0.422 e. The average Bonchev–Trinajstić information content (AvgIpc) is 3.29. The SMILES string of the molecule is C=CC(=O)Nc1ccc(F)c(Nc2nc(Nc3cnn(C)c3)ncc2-c2cc(F)c(C(F)(F)F)c(OC)c2)c1. The fraction of sp³-hybridized carbons (Fsp3) is 0.120. The summed E-state index contributed by atoms with van der Waals surface area (Å²) >= 11 is 0. The lowest BCUT2D eigenvalue weighted by Crippen LogP contribution is -2.11. The molecule has 2 heterocycles. The van der Waals surface area contributed by atoms with Crippen LogP contribution in [0.25, 0.3) is 11.1 Å². The topological polar surface area (TPSA) is 106 Å². The maximum absolute atomic E-state index is 14.8. The maximum atomic E-state index is 14.8. The fourth-order valence-corrected chi connectivity index (χ4v) is 3.56. The normalized spacial score (nSPS) is 11.2. The molecule has 1 amide bonds. The number of carbonyl (C=O) groups excluding carboxylic acids is 1. The Morgan fingerprint density at radius 3 is 2.49 bits per heavy atom. The minimum atomic E-state index is -5.01. The lowest BCUT2D eigenvalue weighted by atomic mass is 10.0. The molecule has 0 spiro atoms. The van der Waals surface area contributed by atoms with E-state index < -0.39 is 35.0 Å². The molecular formula is C25H20F5N7O2. The number of anilines is 5. The summed E-state index contributed by atoms with van der Waals surface area (Å²) in [6.07, 6.45) is 0.360. The van der Waals surface area contributed by atoms with Crippen LogP contribution in [0.2, 0.25) is 0 Å². The molecule has 0 aliphatic carbocycles. The smallest absolute Gasteiger partial charge is 0.422 e. The zero-order valence-corrected chi connectivity index (χ0v) is 20.4. The minimum Gasteiger partial charge on any atom is -0.496 e. The van der Waals surface area contributed by atoms with Crippen molar-refractivity contribution in [2.45, 2.75) is 6.18 Å². The molecule has 0 saturated heterocycles. The number of amides is 1. The number of aryl methyl sites for hydroxylation is 1. The van der Waals surface area contributed by atoms with Crippen LogP contribution in [0.3, 0.4) is 0 Å². The second kappa shape index (κ2) is 10.8. The Morgan fingerprint density at radius 2 is 1.85 bits per heavy atom. The van der Waals surface area contributed by atoms with Crippen LogP contribution in [-0.2, 0) is 18.0 Å². The largest absolute Gasteiger partial charge is 0.496 e. The van der Waals surface area contributed by atoms with Gasteiger partial charge in [0.2, 0.25) is 11.9 Å². The molecule has 2 aromatic heterocycles. The first-order valence-corrected chi connectivity index (χ1v) is 11.1. The number of methoxy groups -OCH3 is 1. The quantitative estimate of drug-likeness (QED) is 0.190. The summed E-state index contributed by atoms with van der Waals surface area (Å²) in [7, 11) is 2.67. The highest BCUT2D eigenvalue weighted by atomic mass is 19.4. The number of hydrogen-bond donors (Lipinski definition) is 3. The van der Waals surface area contributed by atoms with E-state index in [1.165, 1.54) is 29.2 Å². The number of nitrogens with zero attached hydrogens (tertiary/aromatic N) is 4. The van der Waals surface area contributed by atoms with E-state index >= 15 is 0 Å². The number of hydrogen-bond acceptors (Lipinski definition) is 7. The van der Waals surface area contributed by atoms with Crippen molar-refractivity contribution in [3.8, 4) is 16.9 Å². The summed E-state index contributed by atoms with van der Waals surface area (Å²) in [6.45, 7) is 3.35. The first-order valence-electron chi connectivity index (χ1n) is 11.1. The van der Waals surface area contributed by atoms with Crippen molar-refractivity contribution < 1.29 is 31.5 Å². The molecule has 0 fully saturated rings. The van der Waals surface area contributed by atoms with Gasteiger partial charge in [0.05, 0.1) is 24.7 Å². The van der Waals surface area contributed by atoms with Gasteiger partial charge in [-0.1, -0.05) is 6.58 Å². The molecule has 2 aromatic carbocycles. The fourth-order valence-electron chi connectivity index (χ4n) is 3.56. The second-order valence-corrected chi connectivity index (χ2v) is 8.03. The van der Waals surface area contributed by atoms with Gasteiger partial charge in [-0.15, -0.1) is 0 Å². The van der Waals surface area contributed by atoms with Crippen molar-refractivity contribution in [1.82, 2.24) is 19.7 Å². The molecule has 0 bridgehead atoms. The number of alkyl halides is 3. The zero-order chi connectivity index (χ0) is 28.3. The van der Waals surface area contributed by atoms with Crippen molar-refractivity contribution in [1.29, 1.82) is 0 Å². The first-order chi connectivity index (χ1) is 18.5. The zero-order valence-electron chi connectivity index (χ0n) is 20.4. The van der Waals surface area contributed by atoms with E-state index in [1.54, 1.807) is 13.2 Å². The lowest BCUT2D eigenvalue weighted by molar-refractivity contribution is -0.141. The Labute approximate surface area is 218 Å². The van der Waals surface area contributed by atoms with Gasteiger partial charge in [-0.25, -0.2) is 13.8 Å². The van der Waals surface area contributed by atoms with E-state index in [4.69, 9.17) is 4.74 Å². The number of carbonyl (C=O) groups is 1. The van der Waals surface area contributed by atoms with Gasteiger partial charge < -0.3 is 20.7 Å². The second-order valence-electron chi connectivity index (χ2n) is 8.03. The van der Waals surface area contributed by atoms with Crippen molar-refractivity contribution >= 4 is 34.7 Å². The van der Waals surface area contributed by atoms with Gasteiger partial charge in [0, 0.05) is 30.7 Å². The van der Waals surface area contributed by atoms with Crippen LogP contribution in [0.1, 0.15) is 5.56 Å². The van der Waals surface area contributed by atoms with Crippen LogP contribution < -0.4 is 20.7 Å². The van der Waals surface area contributed by atoms with Crippen LogP contribution in [0.15, 0.2) is 61.6 Å². The molecule has 4 rings (SSSR count). The molecule has 0 radical (unpaired) electrons. The third kappa shape index (κ3) is 6.11. The molecular weight excluding hydrogens is 525 g/mol. The van der Waals surface area contributed by atoms with Gasteiger partial charge in [-0.3, -0.25) is 9.48 Å². The lowest BCUT2D eigenvalue weighted by Gasteiger charge is -2.17. The van der Waals surface area contributed by atoms with Crippen molar-refractivity contribution in [2.24, 2.45) is 7.05 Å².